The van der Waals surface area contributed by atoms with Crippen molar-refractivity contribution < 1.29 is 0 Å². The molecule has 2 heterocycles. The van der Waals surface area contributed by atoms with E-state index in [9.17, 15) is 0 Å². The first kappa shape index (κ1) is 14.2. The predicted octanol–water partition coefficient (Wildman–Crippen LogP) is 3.20. The van der Waals surface area contributed by atoms with Gasteiger partial charge in [0.15, 0.2) is 0 Å². The van der Waals surface area contributed by atoms with Crippen LogP contribution in [0.1, 0.15) is 30.4 Å². The van der Waals surface area contributed by atoms with Gasteiger partial charge < -0.3 is 5.32 Å². The van der Waals surface area contributed by atoms with Crippen LogP contribution in [0.3, 0.4) is 0 Å². The molecule has 0 unspecified atom stereocenters. The van der Waals surface area contributed by atoms with Crippen molar-refractivity contribution in [2.45, 2.75) is 26.7 Å². The van der Waals surface area contributed by atoms with Gasteiger partial charge in [-0.2, -0.15) is 0 Å². The molecule has 0 amide bonds. The highest BCUT2D eigenvalue weighted by Crippen LogP contribution is 2.19. The number of aromatic nitrogens is 3. The Morgan fingerprint density at radius 2 is 2.16 bits per heavy atom. The molecule has 4 nitrogen and oxygen atoms in total. The topological polar surface area (TPSA) is 50.7 Å². The van der Waals surface area contributed by atoms with E-state index in [1.165, 1.54) is 0 Å². The van der Waals surface area contributed by atoms with E-state index in [0.717, 1.165) is 39.4 Å². The molecule has 2 aromatic heterocycles. The molecule has 0 radical (unpaired) electrons. The molecule has 2 aromatic rings. The van der Waals surface area contributed by atoms with Gasteiger partial charge in [0, 0.05) is 25.4 Å². The summed E-state index contributed by atoms with van der Waals surface area (Å²) in [5.41, 5.74) is 2.15. The Labute approximate surface area is 127 Å². The second kappa shape index (κ2) is 6.79. The zero-order valence-electron chi connectivity index (χ0n) is 11.2. The molecule has 100 valence electrons. The first-order valence-corrected chi connectivity index (χ1v) is 7.44. The highest BCUT2D eigenvalue weighted by Gasteiger charge is 2.09. The third kappa shape index (κ3) is 3.86. The summed E-state index contributed by atoms with van der Waals surface area (Å²) in [5, 5.41) is 3.36. The lowest BCUT2D eigenvalue weighted by Gasteiger charge is -2.10. The zero-order valence-corrected chi connectivity index (χ0v) is 13.3. The van der Waals surface area contributed by atoms with E-state index in [2.05, 4.69) is 49.8 Å². The van der Waals surface area contributed by atoms with Crippen molar-refractivity contribution in [3.05, 3.63) is 45.2 Å². The van der Waals surface area contributed by atoms with Crippen LogP contribution in [0.2, 0.25) is 0 Å². The SMILES string of the molecule is CCCNc1nc(Cc2cccnc2)nc(C)c1I. The third-order valence-corrected chi connectivity index (χ3v) is 3.98. The van der Waals surface area contributed by atoms with E-state index >= 15 is 0 Å². The molecule has 0 aliphatic rings. The lowest BCUT2D eigenvalue weighted by Crippen LogP contribution is -2.09. The second-order valence-corrected chi connectivity index (χ2v) is 5.43. The molecule has 0 saturated carbocycles. The molecule has 0 fully saturated rings. The lowest BCUT2D eigenvalue weighted by atomic mass is 10.2. The number of halogens is 1. The number of nitrogens with one attached hydrogen (secondary N) is 1. The van der Waals surface area contributed by atoms with Crippen molar-refractivity contribution in [3.8, 4) is 0 Å². The van der Waals surface area contributed by atoms with Crippen LogP contribution in [0.5, 0.6) is 0 Å². The van der Waals surface area contributed by atoms with Gasteiger partial charge in [-0.1, -0.05) is 13.0 Å². The summed E-state index contributed by atoms with van der Waals surface area (Å²) in [6.45, 7) is 5.09. The number of nitrogens with zero attached hydrogens (tertiary/aromatic N) is 3. The number of aryl methyl sites for hydroxylation is 1. The minimum absolute atomic E-state index is 0.715. The Balaban J connectivity index is 2.23. The van der Waals surface area contributed by atoms with Gasteiger partial charge in [-0.05, 0) is 47.6 Å². The van der Waals surface area contributed by atoms with Gasteiger partial charge in [-0.15, -0.1) is 0 Å². The Hall–Kier alpha value is -1.24. The summed E-state index contributed by atoms with van der Waals surface area (Å²) in [6.07, 6.45) is 5.43. The van der Waals surface area contributed by atoms with Crippen molar-refractivity contribution in [2.75, 3.05) is 11.9 Å². The molecule has 0 aliphatic heterocycles. The quantitative estimate of drug-likeness (QED) is 0.824. The van der Waals surface area contributed by atoms with Gasteiger partial charge >= 0.3 is 0 Å². The number of hydrogen-bond acceptors (Lipinski definition) is 4. The highest BCUT2D eigenvalue weighted by atomic mass is 127. The summed E-state index contributed by atoms with van der Waals surface area (Å²) < 4.78 is 1.10. The van der Waals surface area contributed by atoms with Crippen LogP contribution in [-0.2, 0) is 6.42 Å². The molecular weight excluding hydrogens is 351 g/mol. The standard InChI is InChI=1S/C14H17IN4/c1-3-6-17-14-13(15)10(2)18-12(19-14)8-11-5-4-7-16-9-11/h4-5,7,9H,3,6,8H2,1-2H3,(H,17,18,19). The van der Waals surface area contributed by atoms with E-state index in [1.807, 2.05) is 25.3 Å². The highest BCUT2D eigenvalue weighted by molar-refractivity contribution is 14.1. The van der Waals surface area contributed by atoms with Crippen LogP contribution in [0, 0.1) is 10.5 Å². The van der Waals surface area contributed by atoms with E-state index in [-0.39, 0.29) is 0 Å². The van der Waals surface area contributed by atoms with Crippen molar-refractivity contribution in [1.29, 1.82) is 0 Å². The van der Waals surface area contributed by atoms with Gasteiger partial charge in [0.1, 0.15) is 11.6 Å². The predicted molar refractivity (Wildman–Crippen MR) is 85.3 cm³/mol. The number of anilines is 1. The maximum Gasteiger partial charge on any atom is 0.143 e. The number of pyridine rings is 1. The smallest absolute Gasteiger partial charge is 0.143 e. The summed E-state index contributed by atoms with van der Waals surface area (Å²) in [7, 11) is 0. The molecule has 2 rings (SSSR count). The van der Waals surface area contributed by atoms with Gasteiger partial charge in [-0.25, -0.2) is 9.97 Å². The second-order valence-electron chi connectivity index (χ2n) is 4.35. The molecule has 0 aliphatic carbocycles. The molecule has 19 heavy (non-hydrogen) atoms. The zero-order chi connectivity index (χ0) is 13.7. The van der Waals surface area contributed by atoms with Crippen molar-refractivity contribution >= 4 is 28.4 Å². The Morgan fingerprint density at radius 1 is 1.32 bits per heavy atom. The van der Waals surface area contributed by atoms with E-state index in [4.69, 9.17) is 0 Å². The minimum atomic E-state index is 0.715. The monoisotopic (exact) mass is 368 g/mol. The van der Waals surface area contributed by atoms with Crippen LogP contribution >= 0.6 is 22.6 Å². The van der Waals surface area contributed by atoms with Crippen LogP contribution in [0.15, 0.2) is 24.5 Å². The Kier molecular flexibility index (Phi) is 5.07. The average molecular weight is 368 g/mol. The van der Waals surface area contributed by atoms with Crippen molar-refractivity contribution in [3.63, 3.8) is 0 Å². The maximum absolute atomic E-state index is 4.61. The molecule has 0 atom stereocenters. The molecule has 0 spiro atoms. The molecule has 0 bridgehead atoms. The summed E-state index contributed by atoms with van der Waals surface area (Å²) in [5.74, 6) is 1.78. The van der Waals surface area contributed by atoms with Crippen LogP contribution < -0.4 is 5.32 Å². The Bertz CT molecular complexity index is 543. The molecule has 5 heteroatoms. The first-order chi connectivity index (χ1) is 9.20. The molecule has 1 N–H and O–H groups in total. The van der Waals surface area contributed by atoms with Gasteiger partial charge in [0.25, 0.3) is 0 Å². The van der Waals surface area contributed by atoms with Gasteiger partial charge in [0.05, 0.1) is 9.26 Å². The third-order valence-electron chi connectivity index (χ3n) is 2.69. The summed E-state index contributed by atoms with van der Waals surface area (Å²) >= 11 is 2.29. The normalized spacial score (nSPS) is 10.5. The fraction of sp³-hybridized carbons (Fsp3) is 0.357. The average Bonchev–Trinajstić information content (AvgIpc) is 2.42. The van der Waals surface area contributed by atoms with Crippen molar-refractivity contribution in [2.24, 2.45) is 0 Å². The van der Waals surface area contributed by atoms with Crippen LogP contribution in [-0.4, -0.2) is 21.5 Å². The van der Waals surface area contributed by atoms with Crippen molar-refractivity contribution in [1.82, 2.24) is 15.0 Å². The summed E-state index contributed by atoms with van der Waals surface area (Å²) in [6, 6.07) is 3.98. The fourth-order valence-electron chi connectivity index (χ4n) is 1.74. The molecular formula is C14H17IN4. The van der Waals surface area contributed by atoms with Gasteiger partial charge in [-0.3, -0.25) is 4.98 Å². The maximum atomic E-state index is 4.61. The lowest BCUT2D eigenvalue weighted by molar-refractivity contribution is 0.907. The first-order valence-electron chi connectivity index (χ1n) is 6.36. The molecule has 0 aromatic carbocycles. The van der Waals surface area contributed by atoms with Crippen LogP contribution in [0.4, 0.5) is 5.82 Å². The Morgan fingerprint density at radius 3 is 2.84 bits per heavy atom. The summed E-state index contributed by atoms with van der Waals surface area (Å²) in [4.78, 5) is 13.3. The fourth-order valence-corrected chi connectivity index (χ4v) is 2.17. The van der Waals surface area contributed by atoms with E-state index in [1.54, 1.807) is 6.20 Å². The van der Waals surface area contributed by atoms with E-state index < -0.39 is 0 Å². The minimum Gasteiger partial charge on any atom is -0.369 e. The molecule has 0 saturated heterocycles. The van der Waals surface area contributed by atoms with E-state index in [0.29, 0.717) is 6.42 Å². The number of hydrogen-bond donors (Lipinski definition) is 1. The van der Waals surface area contributed by atoms with Gasteiger partial charge in [0.2, 0.25) is 0 Å². The van der Waals surface area contributed by atoms with Crippen LogP contribution in [0.25, 0.3) is 0 Å². The largest absolute Gasteiger partial charge is 0.369 e. The number of rotatable bonds is 5.